The van der Waals surface area contributed by atoms with Crippen LogP contribution >= 0.6 is 23.2 Å². The van der Waals surface area contributed by atoms with Crippen LogP contribution in [0.25, 0.3) is 0 Å². The van der Waals surface area contributed by atoms with Crippen molar-refractivity contribution in [1.29, 1.82) is 0 Å². The van der Waals surface area contributed by atoms with Gasteiger partial charge in [0.2, 0.25) is 10.0 Å². The van der Waals surface area contributed by atoms with Crippen molar-refractivity contribution in [3.8, 4) is 0 Å². The molecule has 1 aliphatic rings. The molecule has 2 N–H and O–H groups in total. The van der Waals surface area contributed by atoms with Crippen LogP contribution in [0.15, 0.2) is 41.3 Å². The molecule has 0 bridgehead atoms. The highest BCUT2D eigenvalue weighted by Crippen LogP contribution is 2.39. The highest BCUT2D eigenvalue weighted by molar-refractivity contribution is 7.89. The Morgan fingerprint density at radius 3 is 2.12 bits per heavy atom. The van der Waals surface area contributed by atoms with Crippen LogP contribution in [0.1, 0.15) is 54.6 Å². The van der Waals surface area contributed by atoms with E-state index in [1.54, 1.807) is 18.2 Å². The van der Waals surface area contributed by atoms with E-state index in [0.717, 1.165) is 9.87 Å². The number of nitrogens with zero attached hydrogens (tertiary/aromatic N) is 1. The predicted octanol–water partition coefficient (Wildman–Crippen LogP) is 4.62. The van der Waals surface area contributed by atoms with E-state index < -0.39 is 33.9 Å². The van der Waals surface area contributed by atoms with Gasteiger partial charge in [0.15, 0.2) is 0 Å². The highest BCUT2D eigenvalue weighted by atomic mass is 35.5. The van der Waals surface area contributed by atoms with E-state index in [2.05, 4.69) is 0 Å². The molecule has 0 radical (unpaired) electrons. The third-order valence-corrected chi connectivity index (χ3v) is 7.86. The number of aliphatic carboxylic acids is 1. The molecule has 0 spiro atoms. The third-order valence-electron chi connectivity index (χ3n) is 5.57. The van der Waals surface area contributed by atoms with Crippen molar-refractivity contribution in [3.05, 3.63) is 63.1 Å². The minimum absolute atomic E-state index is 0.0385. The van der Waals surface area contributed by atoms with E-state index in [4.69, 9.17) is 23.2 Å². The number of rotatable bonds is 5. The Kier molecular flexibility index (Phi) is 6.64. The zero-order valence-corrected chi connectivity index (χ0v) is 20.0. The first-order valence-electron chi connectivity index (χ1n) is 9.80. The second-order valence-electron chi connectivity index (χ2n) is 8.82. The number of hydrogen-bond donors (Lipinski definition) is 2. The van der Waals surface area contributed by atoms with Crippen LogP contribution in [-0.2, 0) is 20.2 Å². The summed E-state index contributed by atoms with van der Waals surface area (Å²) in [6.45, 7) is 5.68. The molecule has 32 heavy (non-hydrogen) atoms. The number of carbonyl (C=O) groups is 2. The Hall–Kier alpha value is -2.13. The summed E-state index contributed by atoms with van der Waals surface area (Å²) in [5, 5.41) is 19.7. The quantitative estimate of drug-likeness (QED) is 0.620. The van der Waals surface area contributed by atoms with Crippen LogP contribution in [0.3, 0.4) is 0 Å². The molecule has 3 rings (SSSR count). The minimum atomic E-state index is -4.25. The van der Waals surface area contributed by atoms with Crippen LogP contribution in [0, 0.1) is 0 Å². The van der Waals surface area contributed by atoms with Gasteiger partial charge < -0.3 is 10.2 Å². The molecule has 1 unspecified atom stereocenters. The zero-order valence-electron chi connectivity index (χ0n) is 17.7. The van der Waals surface area contributed by atoms with E-state index >= 15 is 0 Å². The summed E-state index contributed by atoms with van der Waals surface area (Å²) in [4.78, 5) is 23.7. The molecule has 1 aliphatic heterocycles. The Morgan fingerprint density at radius 1 is 1.03 bits per heavy atom. The second kappa shape index (κ2) is 8.67. The largest absolute Gasteiger partial charge is 0.480 e. The van der Waals surface area contributed by atoms with Gasteiger partial charge in [-0.05, 0) is 47.2 Å². The van der Waals surface area contributed by atoms with Crippen molar-refractivity contribution < 1.29 is 28.2 Å². The van der Waals surface area contributed by atoms with Crippen molar-refractivity contribution in [3.63, 3.8) is 0 Å². The molecular formula is C22H23Cl2NO6S. The molecule has 172 valence electrons. The topological polar surface area (TPSA) is 112 Å². The van der Waals surface area contributed by atoms with Crippen LogP contribution in [0.2, 0.25) is 10.0 Å². The van der Waals surface area contributed by atoms with Gasteiger partial charge in [-0.15, -0.1) is 0 Å². The van der Waals surface area contributed by atoms with Gasteiger partial charge in [-0.2, -0.15) is 4.31 Å². The van der Waals surface area contributed by atoms with Gasteiger partial charge >= 0.3 is 11.9 Å². The van der Waals surface area contributed by atoms with E-state index in [1.807, 2.05) is 20.8 Å². The third kappa shape index (κ3) is 4.78. The van der Waals surface area contributed by atoms with Crippen LogP contribution < -0.4 is 0 Å². The fourth-order valence-corrected chi connectivity index (χ4v) is 6.26. The minimum Gasteiger partial charge on any atom is -0.480 e. The maximum absolute atomic E-state index is 13.3. The first-order valence-corrected chi connectivity index (χ1v) is 12.0. The number of carboxylic acids is 2. The molecule has 1 heterocycles. The maximum Gasteiger partial charge on any atom is 0.335 e. The van der Waals surface area contributed by atoms with Crippen molar-refractivity contribution in [1.82, 2.24) is 4.31 Å². The molecule has 7 nitrogen and oxygen atoms in total. The number of carboxylic acid groups (broad SMARTS) is 2. The summed E-state index contributed by atoms with van der Waals surface area (Å²) in [7, 11) is -4.25. The van der Waals surface area contributed by atoms with Gasteiger partial charge in [0, 0.05) is 22.5 Å². The zero-order chi connectivity index (χ0) is 24.0. The molecule has 2 atom stereocenters. The van der Waals surface area contributed by atoms with Crippen molar-refractivity contribution in [2.24, 2.45) is 0 Å². The lowest BCUT2D eigenvalue weighted by Crippen LogP contribution is -2.40. The van der Waals surface area contributed by atoms with Crippen molar-refractivity contribution in [2.45, 2.75) is 49.5 Å². The predicted molar refractivity (Wildman–Crippen MR) is 121 cm³/mol. The lowest BCUT2D eigenvalue weighted by atomic mass is 9.83. The van der Waals surface area contributed by atoms with Crippen LogP contribution in [0.4, 0.5) is 0 Å². The fraction of sp³-hybridized carbons (Fsp3) is 0.364. The lowest BCUT2D eigenvalue weighted by Gasteiger charge is -2.22. The SMILES string of the molecule is CC(C)(C)c1ccc([C@H]2CC(C(=O)O)N(S(=O)(=O)c3cc(Cl)cc(Cl)c3)C2)c(C(=O)O)c1. The molecular weight excluding hydrogens is 477 g/mol. The van der Waals surface area contributed by atoms with Crippen LogP contribution in [0.5, 0.6) is 0 Å². The molecule has 1 saturated heterocycles. The standard InChI is InChI=1S/C22H23Cl2NO6S/c1-22(2,3)13-4-5-17(18(7-13)20(26)27)12-6-19(21(28)29)25(11-12)32(30,31)16-9-14(23)8-15(24)10-16/h4-5,7-10,12,19H,6,11H2,1-3H3,(H,26,27)(H,28,29)/t12-,19?/m0/s1. The van der Waals surface area contributed by atoms with Gasteiger partial charge in [0.25, 0.3) is 0 Å². The average molecular weight is 500 g/mol. The average Bonchev–Trinajstić information content (AvgIpc) is 3.12. The summed E-state index contributed by atoms with van der Waals surface area (Å²) in [6.07, 6.45) is -0.0575. The Bertz CT molecular complexity index is 1170. The van der Waals surface area contributed by atoms with Gasteiger partial charge in [0.1, 0.15) is 6.04 Å². The normalized spacial score (nSPS) is 19.8. The smallest absolute Gasteiger partial charge is 0.335 e. The molecule has 10 heteroatoms. The number of benzene rings is 2. The summed E-state index contributed by atoms with van der Waals surface area (Å²) in [6, 6.07) is 7.45. The van der Waals surface area contributed by atoms with E-state index in [0.29, 0.717) is 5.56 Å². The second-order valence-corrected chi connectivity index (χ2v) is 11.6. The number of aromatic carboxylic acids is 1. The molecule has 2 aromatic rings. The molecule has 0 saturated carbocycles. The highest BCUT2D eigenvalue weighted by Gasteiger charge is 2.45. The summed E-state index contributed by atoms with van der Waals surface area (Å²) in [5.74, 6) is -3.08. The molecule has 0 amide bonds. The first-order chi connectivity index (χ1) is 14.7. The van der Waals surface area contributed by atoms with E-state index in [1.165, 1.54) is 18.2 Å². The monoisotopic (exact) mass is 499 g/mol. The summed E-state index contributed by atoms with van der Waals surface area (Å²) < 4.78 is 27.4. The van der Waals surface area contributed by atoms with Gasteiger partial charge in [-0.1, -0.05) is 56.1 Å². The van der Waals surface area contributed by atoms with Crippen molar-refractivity contribution in [2.75, 3.05) is 6.54 Å². The van der Waals surface area contributed by atoms with Crippen molar-refractivity contribution >= 4 is 45.2 Å². The molecule has 0 aliphatic carbocycles. The number of halogens is 2. The lowest BCUT2D eigenvalue weighted by molar-refractivity contribution is -0.140. The van der Waals surface area contributed by atoms with Gasteiger partial charge in [-0.25, -0.2) is 13.2 Å². The molecule has 2 aromatic carbocycles. The maximum atomic E-state index is 13.3. The fourth-order valence-electron chi connectivity index (χ4n) is 3.90. The summed E-state index contributed by atoms with van der Waals surface area (Å²) >= 11 is 11.9. The van der Waals surface area contributed by atoms with Crippen LogP contribution in [-0.4, -0.2) is 47.5 Å². The summed E-state index contributed by atoms with van der Waals surface area (Å²) in [5.41, 5.74) is 0.961. The Labute approximate surface area is 196 Å². The van der Waals surface area contributed by atoms with Gasteiger partial charge in [0.05, 0.1) is 10.5 Å². The van der Waals surface area contributed by atoms with Gasteiger partial charge in [-0.3, -0.25) is 4.79 Å². The Morgan fingerprint density at radius 2 is 1.62 bits per heavy atom. The van der Waals surface area contributed by atoms with E-state index in [-0.39, 0.29) is 38.9 Å². The number of sulfonamides is 1. The molecule has 0 aromatic heterocycles. The number of hydrogen-bond acceptors (Lipinski definition) is 4. The Balaban J connectivity index is 2.06. The van der Waals surface area contributed by atoms with E-state index in [9.17, 15) is 28.2 Å². The molecule has 1 fully saturated rings. The first kappa shape index (κ1) is 24.5.